The number of nitrogens with zero attached hydrogens (tertiary/aromatic N) is 5. The van der Waals surface area contributed by atoms with Gasteiger partial charge >= 0.3 is 0 Å². The van der Waals surface area contributed by atoms with Crippen LogP contribution in [0.25, 0.3) is 22.4 Å². The molecule has 3 heterocycles. The second kappa shape index (κ2) is 8.14. The number of carbonyl (C=O) groups is 1. The molecule has 7 nitrogen and oxygen atoms in total. The maximum atomic E-state index is 13.4. The minimum atomic E-state index is -0.152. The first-order valence-electron chi connectivity index (χ1n) is 11.1. The summed E-state index contributed by atoms with van der Waals surface area (Å²) < 4.78 is 3.45. The molecular weight excluding hydrogens is 446 g/mol. The summed E-state index contributed by atoms with van der Waals surface area (Å²) in [7, 11) is 0. The zero-order valence-corrected chi connectivity index (χ0v) is 19.3. The molecule has 5 aromatic rings. The third-order valence-corrected chi connectivity index (χ3v) is 7.11. The lowest BCUT2D eigenvalue weighted by Crippen LogP contribution is -2.30. The minimum Gasteiger partial charge on any atom is -0.311 e. The van der Waals surface area contributed by atoms with Crippen LogP contribution in [0.4, 0.5) is 5.69 Å². The molecule has 2 aromatic heterocycles. The molecule has 0 fully saturated rings. The molecule has 8 heteroatoms. The molecule has 6 rings (SSSR count). The molecule has 168 valence electrons. The van der Waals surface area contributed by atoms with E-state index in [0.29, 0.717) is 22.9 Å². The van der Waals surface area contributed by atoms with Gasteiger partial charge in [0.2, 0.25) is 11.7 Å². The van der Waals surface area contributed by atoms with Crippen LogP contribution in [0.5, 0.6) is 0 Å². The Kier molecular flexibility index (Phi) is 4.95. The number of aryl methyl sites for hydroxylation is 1. The van der Waals surface area contributed by atoms with Crippen LogP contribution in [0.15, 0.2) is 82.7 Å². The summed E-state index contributed by atoms with van der Waals surface area (Å²) in [6.07, 6.45) is 0.869. The molecule has 0 spiro atoms. The molecule has 0 saturated heterocycles. The van der Waals surface area contributed by atoms with E-state index in [-0.39, 0.29) is 17.2 Å². The third-order valence-electron chi connectivity index (χ3n) is 6.20. The monoisotopic (exact) mass is 467 g/mol. The highest BCUT2D eigenvalue weighted by atomic mass is 32.2. The Hall–Kier alpha value is -3.91. The number of para-hydroxylation sites is 2. The molecule has 1 aliphatic rings. The zero-order chi connectivity index (χ0) is 23.2. The summed E-state index contributed by atoms with van der Waals surface area (Å²) in [6, 6.07) is 23.2. The van der Waals surface area contributed by atoms with Gasteiger partial charge in [0.1, 0.15) is 0 Å². The smallest absolute Gasteiger partial charge is 0.267 e. The largest absolute Gasteiger partial charge is 0.311 e. The van der Waals surface area contributed by atoms with Crippen LogP contribution in [-0.2, 0) is 11.2 Å². The van der Waals surface area contributed by atoms with Gasteiger partial charge in [0.15, 0.2) is 5.16 Å². The van der Waals surface area contributed by atoms with Crippen LogP contribution in [-0.4, -0.2) is 37.4 Å². The summed E-state index contributed by atoms with van der Waals surface area (Å²) in [6.45, 7) is 2.69. The summed E-state index contributed by atoms with van der Waals surface area (Å²) in [5.41, 5.74) is 4.58. The predicted molar refractivity (Wildman–Crippen MR) is 134 cm³/mol. The molecule has 0 radical (unpaired) electrons. The average molecular weight is 468 g/mol. The van der Waals surface area contributed by atoms with E-state index in [1.165, 1.54) is 17.3 Å². The van der Waals surface area contributed by atoms with Crippen molar-refractivity contribution in [1.82, 2.24) is 19.2 Å². The lowest BCUT2D eigenvalue weighted by atomic mass is 10.2. The predicted octanol–water partition coefficient (Wildman–Crippen LogP) is 4.02. The van der Waals surface area contributed by atoms with Crippen molar-refractivity contribution in [3.8, 4) is 5.69 Å². The van der Waals surface area contributed by atoms with Gasteiger partial charge in [-0.25, -0.2) is 4.57 Å². The molecule has 34 heavy (non-hydrogen) atoms. The van der Waals surface area contributed by atoms with Gasteiger partial charge in [-0.1, -0.05) is 59.8 Å². The van der Waals surface area contributed by atoms with Gasteiger partial charge in [-0.15, -0.1) is 10.2 Å². The fourth-order valence-corrected chi connectivity index (χ4v) is 5.32. The summed E-state index contributed by atoms with van der Waals surface area (Å²) >= 11 is 1.34. The highest BCUT2D eigenvalue weighted by molar-refractivity contribution is 7.99. The number of fused-ring (bicyclic) bond motifs is 4. The van der Waals surface area contributed by atoms with Crippen molar-refractivity contribution >= 4 is 40.0 Å². The third kappa shape index (κ3) is 3.30. The molecule has 0 bridgehead atoms. The maximum Gasteiger partial charge on any atom is 0.267 e. The van der Waals surface area contributed by atoms with Crippen molar-refractivity contribution in [2.45, 2.75) is 18.5 Å². The molecular formula is C26H21N5O2S. The van der Waals surface area contributed by atoms with Gasteiger partial charge in [0.25, 0.3) is 5.56 Å². The number of rotatable bonds is 4. The van der Waals surface area contributed by atoms with Crippen molar-refractivity contribution in [3.63, 3.8) is 0 Å². The number of amides is 1. The highest BCUT2D eigenvalue weighted by Crippen LogP contribution is 2.29. The normalized spacial score (nSPS) is 13.0. The number of thioether (sulfide) groups is 1. The lowest BCUT2D eigenvalue weighted by Gasteiger charge is -2.17. The van der Waals surface area contributed by atoms with Crippen molar-refractivity contribution in [2.24, 2.45) is 0 Å². The highest BCUT2D eigenvalue weighted by Gasteiger charge is 2.25. The molecule has 1 amide bonds. The summed E-state index contributed by atoms with van der Waals surface area (Å²) in [4.78, 5) is 28.3. The molecule has 0 N–H and O–H groups in total. The van der Waals surface area contributed by atoms with E-state index in [2.05, 4.69) is 16.3 Å². The molecule has 0 atom stereocenters. The SMILES string of the molecule is Cc1ccc(-n2c(=O)c3ccccc3n3c(SCC(=O)N4CCc5ccccc54)nnc23)cc1. The van der Waals surface area contributed by atoms with Crippen molar-refractivity contribution in [3.05, 3.63) is 94.3 Å². The van der Waals surface area contributed by atoms with Gasteiger partial charge in [-0.3, -0.25) is 14.0 Å². The van der Waals surface area contributed by atoms with E-state index in [9.17, 15) is 9.59 Å². The van der Waals surface area contributed by atoms with E-state index >= 15 is 0 Å². The standard InChI is InChI=1S/C26H21N5O2S/c1-17-10-12-19(13-11-17)30-24(33)20-7-3-5-9-22(20)31-25(30)27-28-26(31)34-16-23(32)29-15-14-18-6-2-4-8-21(18)29/h2-13H,14-16H2,1H3. The number of benzene rings is 3. The topological polar surface area (TPSA) is 72.5 Å². The first-order valence-corrected chi connectivity index (χ1v) is 12.1. The Balaban J connectivity index is 1.41. The average Bonchev–Trinajstić information content (AvgIpc) is 3.48. The van der Waals surface area contributed by atoms with E-state index in [1.807, 2.05) is 83.0 Å². The fourth-order valence-electron chi connectivity index (χ4n) is 4.50. The van der Waals surface area contributed by atoms with E-state index in [0.717, 1.165) is 28.9 Å². The molecule has 0 unspecified atom stereocenters. The number of carbonyl (C=O) groups excluding carboxylic acids is 1. The Morgan fingerprint density at radius 3 is 2.59 bits per heavy atom. The molecule has 0 saturated carbocycles. The molecule has 3 aromatic carbocycles. The van der Waals surface area contributed by atoms with Gasteiger partial charge in [0.05, 0.1) is 22.3 Å². The van der Waals surface area contributed by atoms with E-state index in [1.54, 1.807) is 4.57 Å². The van der Waals surface area contributed by atoms with Crippen LogP contribution in [0.2, 0.25) is 0 Å². The minimum absolute atomic E-state index is 0.0304. The molecule has 0 aliphatic carbocycles. The summed E-state index contributed by atoms with van der Waals surface area (Å²) in [5, 5.41) is 9.89. The molecule has 1 aliphatic heterocycles. The first kappa shape index (κ1) is 20.7. The number of hydrogen-bond donors (Lipinski definition) is 0. The van der Waals surface area contributed by atoms with Crippen LogP contribution in [0.1, 0.15) is 11.1 Å². The number of anilines is 1. The van der Waals surface area contributed by atoms with Gasteiger partial charge < -0.3 is 4.90 Å². The Morgan fingerprint density at radius 2 is 1.74 bits per heavy atom. The van der Waals surface area contributed by atoms with Gasteiger partial charge in [0, 0.05) is 12.2 Å². The van der Waals surface area contributed by atoms with Crippen LogP contribution >= 0.6 is 11.8 Å². The number of aromatic nitrogens is 4. The quantitative estimate of drug-likeness (QED) is 0.373. The lowest BCUT2D eigenvalue weighted by molar-refractivity contribution is -0.116. The van der Waals surface area contributed by atoms with Crippen LogP contribution in [0, 0.1) is 6.92 Å². The Labute approximate surface area is 199 Å². The van der Waals surface area contributed by atoms with E-state index < -0.39 is 0 Å². The fraction of sp³-hybridized carbons (Fsp3) is 0.154. The van der Waals surface area contributed by atoms with Gasteiger partial charge in [-0.05, 0) is 49.2 Å². The second-order valence-corrected chi connectivity index (χ2v) is 9.27. The van der Waals surface area contributed by atoms with Crippen molar-refractivity contribution in [2.75, 3.05) is 17.2 Å². The Bertz CT molecular complexity index is 1620. The maximum absolute atomic E-state index is 13.4. The zero-order valence-electron chi connectivity index (χ0n) is 18.5. The van der Waals surface area contributed by atoms with Crippen LogP contribution in [0.3, 0.4) is 0 Å². The van der Waals surface area contributed by atoms with Gasteiger partial charge in [-0.2, -0.15) is 0 Å². The summed E-state index contributed by atoms with van der Waals surface area (Å²) in [5.74, 6) is 0.685. The number of hydrogen-bond acceptors (Lipinski definition) is 5. The van der Waals surface area contributed by atoms with E-state index in [4.69, 9.17) is 0 Å². The van der Waals surface area contributed by atoms with Crippen molar-refractivity contribution in [1.29, 1.82) is 0 Å². The Morgan fingerprint density at radius 1 is 0.971 bits per heavy atom. The first-order chi connectivity index (χ1) is 16.6. The van der Waals surface area contributed by atoms with Crippen molar-refractivity contribution < 1.29 is 4.79 Å². The second-order valence-electron chi connectivity index (χ2n) is 8.32. The van der Waals surface area contributed by atoms with Crippen LogP contribution < -0.4 is 10.5 Å².